The third-order valence-electron chi connectivity index (χ3n) is 2.51. The maximum atomic E-state index is 5.73. The van der Waals surface area contributed by atoms with Gasteiger partial charge in [0.15, 0.2) is 0 Å². The van der Waals surface area contributed by atoms with Gasteiger partial charge in [0.1, 0.15) is 0 Å². The molecule has 2 fully saturated rings. The van der Waals surface area contributed by atoms with Crippen LogP contribution < -0.4 is 18.9 Å². The predicted molar refractivity (Wildman–Crippen MR) is 43.3 cm³/mol. The number of hydrogen-bond acceptors (Lipinski definition) is 3. The standard InChI is InChI=1S/C9H15O3.Li/c1-7(2)9-10-5-4-8(3,12-9)6-11-9;/h7H,1,4-6H2,2-3H3;/q-1;+1/t7-,8?,9?;/m0./s1. The van der Waals surface area contributed by atoms with E-state index >= 15 is 0 Å². The second-order valence-corrected chi connectivity index (χ2v) is 3.94. The molecule has 3 atom stereocenters. The molecule has 2 saturated heterocycles. The van der Waals surface area contributed by atoms with E-state index in [1.807, 2.05) is 6.92 Å². The third kappa shape index (κ3) is 1.81. The Morgan fingerprint density at radius 3 is 2.62 bits per heavy atom. The number of hydrogen-bond donors (Lipinski definition) is 0. The first kappa shape index (κ1) is 11.6. The average molecular weight is 178 g/mol. The van der Waals surface area contributed by atoms with Crippen LogP contribution in [0.2, 0.25) is 0 Å². The Morgan fingerprint density at radius 2 is 2.08 bits per heavy atom. The van der Waals surface area contributed by atoms with Crippen LogP contribution in [0, 0.1) is 12.8 Å². The van der Waals surface area contributed by atoms with Crippen molar-refractivity contribution in [3.8, 4) is 0 Å². The summed E-state index contributed by atoms with van der Waals surface area (Å²) in [6.07, 6.45) is 0.904. The average Bonchev–Trinajstić information content (AvgIpc) is 2.24. The molecule has 3 nitrogen and oxygen atoms in total. The van der Waals surface area contributed by atoms with Crippen LogP contribution in [0.4, 0.5) is 0 Å². The van der Waals surface area contributed by atoms with Gasteiger partial charge in [-0.2, -0.15) is 0 Å². The van der Waals surface area contributed by atoms with E-state index in [0.717, 1.165) is 6.42 Å². The molecule has 13 heavy (non-hydrogen) atoms. The van der Waals surface area contributed by atoms with Crippen molar-refractivity contribution in [2.45, 2.75) is 31.8 Å². The fourth-order valence-electron chi connectivity index (χ4n) is 1.64. The zero-order valence-corrected chi connectivity index (χ0v) is 8.63. The van der Waals surface area contributed by atoms with Crippen LogP contribution in [0.25, 0.3) is 0 Å². The minimum Gasteiger partial charge on any atom is -0.333 e. The van der Waals surface area contributed by atoms with Crippen molar-refractivity contribution < 1.29 is 33.1 Å². The Bertz CT molecular complexity index is 197. The topological polar surface area (TPSA) is 27.7 Å². The zero-order valence-electron chi connectivity index (χ0n) is 8.63. The van der Waals surface area contributed by atoms with Crippen molar-refractivity contribution in [3.05, 3.63) is 6.92 Å². The zero-order chi connectivity index (χ0) is 8.82. The molecule has 2 unspecified atom stereocenters. The molecule has 0 aromatic rings. The van der Waals surface area contributed by atoms with Crippen LogP contribution in [0.1, 0.15) is 20.3 Å². The molecule has 4 heteroatoms. The third-order valence-corrected chi connectivity index (χ3v) is 2.51. The van der Waals surface area contributed by atoms with E-state index in [1.165, 1.54) is 0 Å². The maximum absolute atomic E-state index is 5.73. The van der Waals surface area contributed by atoms with Gasteiger partial charge in [-0.25, -0.2) is 0 Å². The van der Waals surface area contributed by atoms with Crippen molar-refractivity contribution in [2.75, 3.05) is 13.2 Å². The minimum absolute atomic E-state index is 0. The normalized spacial score (nSPS) is 45.5. The van der Waals surface area contributed by atoms with Crippen molar-refractivity contribution in [1.82, 2.24) is 0 Å². The molecule has 0 aromatic heterocycles. The van der Waals surface area contributed by atoms with E-state index in [0.29, 0.717) is 13.2 Å². The maximum Gasteiger partial charge on any atom is 1.00 e. The molecular formula is C9H15LiO3. The molecule has 2 aliphatic heterocycles. The fourth-order valence-corrected chi connectivity index (χ4v) is 1.64. The van der Waals surface area contributed by atoms with Gasteiger partial charge >= 0.3 is 18.9 Å². The number of rotatable bonds is 1. The summed E-state index contributed by atoms with van der Waals surface area (Å²) in [5.41, 5.74) is -0.149. The smallest absolute Gasteiger partial charge is 0.333 e. The first-order valence-electron chi connectivity index (χ1n) is 4.38. The first-order chi connectivity index (χ1) is 5.56. The Balaban J connectivity index is 0.000000845. The molecule has 2 rings (SSSR count). The second-order valence-electron chi connectivity index (χ2n) is 3.94. The van der Waals surface area contributed by atoms with Crippen LogP contribution in [0.15, 0.2) is 0 Å². The molecule has 0 spiro atoms. The number of ether oxygens (including phenoxy) is 3. The van der Waals surface area contributed by atoms with Gasteiger partial charge in [0.25, 0.3) is 5.97 Å². The Morgan fingerprint density at radius 1 is 1.38 bits per heavy atom. The monoisotopic (exact) mass is 178 g/mol. The molecule has 0 aromatic carbocycles. The van der Waals surface area contributed by atoms with E-state index in [1.54, 1.807) is 0 Å². The van der Waals surface area contributed by atoms with E-state index < -0.39 is 5.97 Å². The van der Waals surface area contributed by atoms with Crippen molar-refractivity contribution >= 4 is 0 Å². The van der Waals surface area contributed by atoms with Crippen LogP contribution in [-0.4, -0.2) is 24.8 Å². The molecule has 70 valence electrons. The summed E-state index contributed by atoms with van der Waals surface area (Å²) < 4.78 is 16.7. The summed E-state index contributed by atoms with van der Waals surface area (Å²) in [7, 11) is 0. The summed E-state index contributed by atoms with van der Waals surface area (Å²) in [5.74, 6) is -0.855. The summed E-state index contributed by atoms with van der Waals surface area (Å²) in [5, 5.41) is 0. The molecule has 2 aliphatic rings. The quantitative estimate of drug-likeness (QED) is 0.355. The molecule has 2 heterocycles. The van der Waals surface area contributed by atoms with Crippen LogP contribution in [0.3, 0.4) is 0 Å². The predicted octanol–water partition coefficient (Wildman–Crippen LogP) is -1.66. The van der Waals surface area contributed by atoms with Gasteiger partial charge in [-0.1, -0.05) is 12.8 Å². The van der Waals surface area contributed by atoms with Crippen molar-refractivity contribution in [2.24, 2.45) is 5.92 Å². The molecule has 0 amide bonds. The molecular weight excluding hydrogens is 163 g/mol. The summed E-state index contributed by atoms with van der Waals surface area (Å²) >= 11 is 0. The molecule has 0 radical (unpaired) electrons. The van der Waals surface area contributed by atoms with E-state index in [9.17, 15) is 0 Å². The van der Waals surface area contributed by atoms with Gasteiger partial charge < -0.3 is 21.1 Å². The first-order valence-corrected chi connectivity index (χ1v) is 4.38. The van der Waals surface area contributed by atoms with Gasteiger partial charge in [-0.15, -0.1) is 0 Å². The van der Waals surface area contributed by atoms with E-state index in [2.05, 4.69) is 13.8 Å². The molecule has 2 bridgehead atoms. The Hall–Kier alpha value is 0.477. The number of fused-ring (bicyclic) bond motifs is 2. The van der Waals surface area contributed by atoms with Gasteiger partial charge in [0.05, 0.1) is 18.8 Å². The van der Waals surface area contributed by atoms with Crippen LogP contribution >= 0.6 is 0 Å². The van der Waals surface area contributed by atoms with E-state index in [-0.39, 0.29) is 30.4 Å². The fraction of sp³-hybridized carbons (Fsp3) is 0.889. The molecule has 0 N–H and O–H groups in total. The van der Waals surface area contributed by atoms with Gasteiger partial charge in [-0.3, -0.25) is 0 Å². The largest absolute Gasteiger partial charge is 1.00 e. The van der Waals surface area contributed by atoms with Gasteiger partial charge in [0.2, 0.25) is 0 Å². The van der Waals surface area contributed by atoms with Crippen molar-refractivity contribution in [1.29, 1.82) is 0 Å². The summed E-state index contributed by atoms with van der Waals surface area (Å²) in [6, 6.07) is 0. The summed E-state index contributed by atoms with van der Waals surface area (Å²) in [6.45, 7) is 9.21. The van der Waals surface area contributed by atoms with E-state index in [4.69, 9.17) is 14.2 Å². The summed E-state index contributed by atoms with van der Waals surface area (Å²) in [4.78, 5) is 0. The van der Waals surface area contributed by atoms with Gasteiger partial charge in [-0.05, 0) is 6.92 Å². The minimum atomic E-state index is -0.854. The molecule has 0 aliphatic carbocycles. The Kier molecular flexibility index (Phi) is 3.17. The van der Waals surface area contributed by atoms with Crippen LogP contribution in [-0.2, 0) is 14.2 Å². The Labute approximate surface area is 91.3 Å². The van der Waals surface area contributed by atoms with Crippen molar-refractivity contribution in [3.63, 3.8) is 0 Å². The van der Waals surface area contributed by atoms with Gasteiger partial charge in [0, 0.05) is 6.42 Å². The molecule has 0 saturated carbocycles. The SMILES string of the molecule is [CH2-][C@@H](C)C12OCCC(C)(CO1)O2.[Li+]. The second kappa shape index (κ2) is 3.56. The van der Waals surface area contributed by atoms with Crippen LogP contribution in [0.5, 0.6) is 0 Å².